The Balaban J connectivity index is 2.39. The van der Waals surface area contributed by atoms with Crippen LogP contribution in [-0.2, 0) is 11.3 Å². The number of ether oxygens (including phenoxy) is 1. The molecule has 0 saturated carbocycles. The summed E-state index contributed by atoms with van der Waals surface area (Å²) in [6.07, 6.45) is 0.412. The van der Waals surface area contributed by atoms with Crippen LogP contribution in [-0.4, -0.2) is 22.8 Å². The molecule has 1 aromatic rings. The van der Waals surface area contributed by atoms with Gasteiger partial charge >= 0.3 is 0 Å². The minimum Gasteiger partial charge on any atom is -0.369 e. The lowest BCUT2D eigenvalue weighted by atomic mass is 10.3. The number of nitrogens with zero attached hydrogens (tertiary/aromatic N) is 2. The SMILES string of the molecule is CCC(C)n1ccc(COCC(F)F)n1. The molecule has 0 aliphatic carbocycles. The summed E-state index contributed by atoms with van der Waals surface area (Å²) in [6, 6.07) is 2.12. The van der Waals surface area contributed by atoms with Crippen molar-refractivity contribution in [2.24, 2.45) is 0 Å². The smallest absolute Gasteiger partial charge is 0.261 e. The van der Waals surface area contributed by atoms with Gasteiger partial charge < -0.3 is 4.74 Å². The van der Waals surface area contributed by atoms with E-state index in [1.165, 1.54) is 0 Å². The number of hydrogen-bond acceptors (Lipinski definition) is 2. The molecule has 0 aliphatic heterocycles. The fourth-order valence-corrected chi connectivity index (χ4v) is 1.14. The van der Waals surface area contributed by atoms with Gasteiger partial charge in [-0.25, -0.2) is 8.78 Å². The third-order valence-corrected chi connectivity index (χ3v) is 2.20. The van der Waals surface area contributed by atoms with E-state index in [-0.39, 0.29) is 6.61 Å². The summed E-state index contributed by atoms with van der Waals surface area (Å²) in [5, 5.41) is 4.22. The van der Waals surface area contributed by atoms with E-state index in [9.17, 15) is 8.78 Å². The van der Waals surface area contributed by atoms with Gasteiger partial charge in [0, 0.05) is 12.2 Å². The minimum atomic E-state index is -2.42. The zero-order valence-electron chi connectivity index (χ0n) is 8.99. The molecular formula is C10H16F2N2O. The molecule has 0 bridgehead atoms. The summed E-state index contributed by atoms with van der Waals surface area (Å²) in [6.45, 7) is 3.74. The Morgan fingerprint density at radius 3 is 2.87 bits per heavy atom. The summed E-state index contributed by atoms with van der Waals surface area (Å²) in [5.41, 5.74) is 0.691. The Morgan fingerprint density at radius 2 is 2.27 bits per heavy atom. The molecule has 3 nitrogen and oxygen atoms in total. The lowest BCUT2D eigenvalue weighted by molar-refractivity contribution is 0.00864. The number of alkyl halides is 2. The van der Waals surface area contributed by atoms with Gasteiger partial charge in [-0.1, -0.05) is 6.92 Å². The van der Waals surface area contributed by atoms with Crippen LogP contribution in [0.15, 0.2) is 12.3 Å². The van der Waals surface area contributed by atoms with Crippen LogP contribution >= 0.6 is 0 Å². The molecule has 0 amide bonds. The van der Waals surface area contributed by atoms with E-state index in [1.807, 2.05) is 10.9 Å². The van der Waals surface area contributed by atoms with Crippen LogP contribution in [0.3, 0.4) is 0 Å². The molecule has 1 heterocycles. The first-order valence-electron chi connectivity index (χ1n) is 5.03. The molecule has 86 valence electrons. The first kappa shape index (κ1) is 12.1. The van der Waals surface area contributed by atoms with Crippen LogP contribution in [0.2, 0.25) is 0 Å². The molecule has 0 spiro atoms. The zero-order valence-corrected chi connectivity index (χ0v) is 8.99. The molecule has 15 heavy (non-hydrogen) atoms. The van der Waals surface area contributed by atoms with E-state index < -0.39 is 13.0 Å². The van der Waals surface area contributed by atoms with Crippen LogP contribution in [0.1, 0.15) is 32.0 Å². The van der Waals surface area contributed by atoms with Gasteiger partial charge in [-0.15, -0.1) is 0 Å². The molecule has 0 radical (unpaired) electrons. The number of rotatable bonds is 6. The Kier molecular flexibility index (Phi) is 4.68. The summed E-state index contributed by atoms with van der Waals surface area (Å²) in [7, 11) is 0. The van der Waals surface area contributed by atoms with Crippen molar-refractivity contribution in [2.75, 3.05) is 6.61 Å². The van der Waals surface area contributed by atoms with Crippen LogP contribution < -0.4 is 0 Å². The second kappa shape index (κ2) is 5.80. The van der Waals surface area contributed by atoms with E-state index in [4.69, 9.17) is 4.74 Å². The van der Waals surface area contributed by atoms with Crippen molar-refractivity contribution < 1.29 is 13.5 Å². The van der Waals surface area contributed by atoms with Crippen molar-refractivity contribution in [3.05, 3.63) is 18.0 Å². The van der Waals surface area contributed by atoms with Crippen molar-refractivity contribution in [3.8, 4) is 0 Å². The Bertz CT molecular complexity index is 289. The highest BCUT2D eigenvalue weighted by Crippen LogP contribution is 2.09. The normalized spacial score (nSPS) is 13.4. The van der Waals surface area contributed by atoms with Gasteiger partial charge in [0.1, 0.15) is 6.61 Å². The van der Waals surface area contributed by atoms with E-state index in [0.29, 0.717) is 11.7 Å². The average Bonchev–Trinajstić information content (AvgIpc) is 2.65. The molecule has 1 unspecified atom stereocenters. The fraction of sp³-hybridized carbons (Fsp3) is 0.700. The molecule has 0 aromatic carbocycles. The summed E-state index contributed by atoms with van der Waals surface area (Å²) in [5.74, 6) is 0. The van der Waals surface area contributed by atoms with Crippen LogP contribution in [0.5, 0.6) is 0 Å². The van der Waals surface area contributed by atoms with E-state index >= 15 is 0 Å². The van der Waals surface area contributed by atoms with Crippen LogP contribution in [0.25, 0.3) is 0 Å². The zero-order chi connectivity index (χ0) is 11.3. The summed E-state index contributed by atoms with van der Waals surface area (Å²) < 4.78 is 30.2. The molecule has 5 heteroatoms. The van der Waals surface area contributed by atoms with E-state index in [2.05, 4.69) is 18.9 Å². The molecule has 0 saturated heterocycles. The Hall–Kier alpha value is -0.970. The molecule has 1 rings (SSSR count). The second-order valence-corrected chi connectivity index (χ2v) is 3.45. The first-order chi connectivity index (χ1) is 7.13. The Labute approximate surface area is 88.0 Å². The minimum absolute atomic E-state index is 0.147. The summed E-state index contributed by atoms with van der Waals surface area (Å²) in [4.78, 5) is 0. The lowest BCUT2D eigenvalue weighted by Crippen LogP contribution is -2.07. The molecule has 0 fully saturated rings. The Morgan fingerprint density at radius 1 is 1.53 bits per heavy atom. The second-order valence-electron chi connectivity index (χ2n) is 3.45. The fourth-order valence-electron chi connectivity index (χ4n) is 1.14. The quantitative estimate of drug-likeness (QED) is 0.734. The monoisotopic (exact) mass is 218 g/mol. The van der Waals surface area contributed by atoms with Gasteiger partial charge in [0.2, 0.25) is 0 Å². The van der Waals surface area contributed by atoms with Crippen molar-refractivity contribution in [2.45, 2.75) is 39.3 Å². The van der Waals surface area contributed by atoms with Gasteiger partial charge in [-0.2, -0.15) is 5.10 Å². The van der Waals surface area contributed by atoms with Gasteiger partial charge in [0.25, 0.3) is 6.43 Å². The van der Waals surface area contributed by atoms with Gasteiger partial charge in [-0.05, 0) is 19.4 Å². The molecule has 1 atom stereocenters. The molecule has 0 N–H and O–H groups in total. The van der Waals surface area contributed by atoms with Crippen LogP contribution in [0.4, 0.5) is 8.78 Å². The van der Waals surface area contributed by atoms with Crippen molar-refractivity contribution >= 4 is 0 Å². The number of hydrogen-bond donors (Lipinski definition) is 0. The highest BCUT2D eigenvalue weighted by atomic mass is 19.3. The lowest BCUT2D eigenvalue weighted by Gasteiger charge is -2.08. The summed E-state index contributed by atoms with van der Waals surface area (Å²) >= 11 is 0. The molecule has 1 aromatic heterocycles. The maximum atomic E-state index is 11.8. The van der Waals surface area contributed by atoms with Gasteiger partial charge in [0.15, 0.2) is 0 Å². The maximum absolute atomic E-state index is 11.8. The maximum Gasteiger partial charge on any atom is 0.261 e. The number of halogens is 2. The van der Waals surface area contributed by atoms with Crippen molar-refractivity contribution in [1.29, 1.82) is 0 Å². The highest BCUT2D eigenvalue weighted by Gasteiger charge is 2.06. The van der Waals surface area contributed by atoms with E-state index in [1.54, 1.807) is 6.07 Å². The predicted molar refractivity (Wildman–Crippen MR) is 52.9 cm³/mol. The average molecular weight is 218 g/mol. The molecular weight excluding hydrogens is 202 g/mol. The van der Waals surface area contributed by atoms with E-state index in [0.717, 1.165) is 6.42 Å². The highest BCUT2D eigenvalue weighted by molar-refractivity contribution is 4.97. The predicted octanol–water partition coefficient (Wildman–Crippen LogP) is 2.64. The third kappa shape index (κ3) is 3.95. The number of aromatic nitrogens is 2. The van der Waals surface area contributed by atoms with Crippen molar-refractivity contribution in [3.63, 3.8) is 0 Å². The molecule has 0 aliphatic rings. The van der Waals surface area contributed by atoms with Crippen molar-refractivity contribution in [1.82, 2.24) is 9.78 Å². The first-order valence-corrected chi connectivity index (χ1v) is 5.03. The van der Waals surface area contributed by atoms with Gasteiger partial charge in [0.05, 0.1) is 12.3 Å². The van der Waals surface area contributed by atoms with Gasteiger partial charge in [-0.3, -0.25) is 4.68 Å². The third-order valence-electron chi connectivity index (χ3n) is 2.20. The topological polar surface area (TPSA) is 27.1 Å². The largest absolute Gasteiger partial charge is 0.369 e. The standard InChI is InChI=1S/C10H16F2N2O/c1-3-8(2)14-5-4-9(13-14)6-15-7-10(11)12/h4-5,8,10H,3,6-7H2,1-2H3. The van der Waals surface area contributed by atoms with Crippen LogP contribution in [0, 0.1) is 0 Å².